The van der Waals surface area contributed by atoms with Gasteiger partial charge in [-0.05, 0) is 23.8 Å². The van der Waals surface area contributed by atoms with E-state index in [1.807, 2.05) is 0 Å². The number of unbranched alkanes of at least 4 members (excludes halogenated alkanes) is 9. The van der Waals surface area contributed by atoms with Gasteiger partial charge in [-0.15, -0.1) is 0 Å². The Kier molecular flexibility index (Phi) is 14.7. The van der Waals surface area contributed by atoms with Gasteiger partial charge in [0.1, 0.15) is 0 Å². The molecule has 0 saturated heterocycles. The van der Waals surface area contributed by atoms with E-state index in [9.17, 15) is 0 Å². The summed E-state index contributed by atoms with van der Waals surface area (Å²) in [5, 5.41) is 0. The fourth-order valence-electron chi connectivity index (χ4n) is 2.01. The van der Waals surface area contributed by atoms with Crippen molar-refractivity contribution in [3.8, 4) is 0 Å². The van der Waals surface area contributed by atoms with Crippen LogP contribution >= 0.6 is 11.8 Å². The molecule has 104 valence electrons. The Bertz CT molecular complexity index is 131. The van der Waals surface area contributed by atoms with Gasteiger partial charge in [0.2, 0.25) is 0 Å². The average Bonchev–Trinajstić information content (AvgIpc) is 2.30. The zero-order valence-electron chi connectivity index (χ0n) is 12.5. The molecule has 1 heteroatoms. The number of rotatable bonds is 13. The van der Waals surface area contributed by atoms with Crippen molar-refractivity contribution in [2.45, 2.75) is 85.0 Å². The summed E-state index contributed by atoms with van der Waals surface area (Å²) < 4.78 is 0. The summed E-state index contributed by atoms with van der Waals surface area (Å²) in [4.78, 5) is 0. The Labute approximate surface area is 114 Å². The summed E-state index contributed by atoms with van der Waals surface area (Å²) >= 11 is 2.14. The van der Waals surface area contributed by atoms with E-state index >= 15 is 0 Å². The van der Waals surface area contributed by atoms with Gasteiger partial charge in [-0.25, -0.2) is 0 Å². The second-order valence-electron chi connectivity index (χ2n) is 5.65. The molecule has 0 saturated carbocycles. The van der Waals surface area contributed by atoms with Crippen molar-refractivity contribution in [2.24, 2.45) is 5.92 Å². The first-order valence-corrected chi connectivity index (χ1v) is 9.00. The summed E-state index contributed by atoms with van der Waals surface area (Å²) in [6.45, 7) is 6.91. The lowest BCUT2D eigenvalue weighted by atomic mass is 10.1. The second kappa shape index (κ2) is 14.4. The molecule has 0 N–H and O–H groups in total. The van der Waals surface area contributed by atoms with E-state index in [0.717, 1.165) is 5.92 Å². The molecule has 0 atom stereocenters. The van der Waals surface area contributed by atoms with Crippen molar-refractivity contribution in [1.29, 1.82) is 0 Å². The summed E-state index contributed by atoms with van der Waals surface area (Å²) in [5.74, 6) is 3.59. The first-order chi connectivity index (χ1) is 8.27. The summed E-state index contributed by atoms with van der Waals surface area (Å²) in [5.41, 5.74) is 0. The lowest BCUT2D eigenvalue weighted by Crippen LogP contribution is -1.92. The minimum atomic E-state index is 0.864. The zero-order valence-corrected chi connectivity index (χ0v) is 13.3. The van der Waals surface area contributed by atoms with Crippen LogP contribution in [0.2, 0.25) is 0 Å². The molecule has 0 heterocycles. The Morgan fingerprint density at radius 3 is 1.65 bits per heavy atom. The zero-order chi connectivity index (χ0) is 12.8. The van der Waals surface area contributed by atoms with E-state index in [2.05, 4.69) is 32.5 Å². The molecule has 0 amide bonds. The van der Waals surface area contributed by atoms with Crippen LogP contribution < -0.4 is 0 Å². The maximum Gasteiger partial charge on any atom is -0.00444 e. The summed E-state index contributed by atoms with van der Waals surface area (Å²) in [6, 6.07) is 0. The van der Waals surface area contributed by atoms with Gasteiger partial charge >= 0.3 is 0 Å². The summed E-state index contributed by atoms with van der Waals surface area (Å²) in [6.07, 6.45) is 14.5. The molecule has 0 aliphatic heterocycles. The lowest BCUT2D eigenvalue weighted by molar-refractivity contribution is 0.563. The smallest absolute Gasteiger partial charge is 0.00444 e. The Morgan fingerprint density at radius 1 is 0.706 bits per heavy atom. The van der Waals surface area contributed by atoms with Crippen LogP contribution in [0.4, 0.5) is 0 Å². The van der Waals surface area contributed by atoms with Crippen molar-refractivity contribution in [2.75, 3.05) is 11.5 Å². The molecule has 0 fully saturated rings. The molecule has 0 nitrogen and oxygen atoms in total. The third-order valence-corrected chi connectivity index (χ3v) is 4.57. The molecule has 0 unspecified atom stereocenters. The van der Waals surface area contributed by atoms with E-state index in [1.54, 1.807) is 0 Å². The number of hydrogen-bond acceptors (Lipinski definition) is 1. The minimum Gasteiger partial charge on any atom is -0.162 e. The van der Waals surface area contributed by atoms with E-state index in [4.69, 9.17) is 0 Å². The van der Waals surface area contributed by atoms with E-state index in [0.29, 0.717) is 0 Å². The highest BCUT2D eigenvalue weighted by Crippen LogP contribution is 2.13. The van der Waals surface area contributed by atoms with Crippen LogP contribution in [0.5, 0.6) is 0 Å². The first-order valence-electron chi connectivity index (χ1n) is 7.85. The molecule has 0 spiro atoms. The third-order valence-electron chi connectivity index (χ3n) is 3.09. The fraction of sp³-hybridized carbons (Fsp3) is 1.00. The molecule has 0 aromatic heterocycles. The molecule has 0 aromatic carbocycles. The van der Waals surface area contributed by atoms with E-state index in [1.165, 1.54) is 75.7 Å². The van der Waals surface area contributed by atoms with Crippen LogP contribution in [-0.4, -0.2) is 11.5 Å². The first kappa shape index (κ1) is 17.4. The van der Waals surface area contributed by atoms with Crippen LogP contribution in [0.3, 0.4) is 0 Å². The number of hydrogen-bond donors (Lipinski definition) is 0. The normalized spacial score (nSPS) is 11.3. The summed E-state index contributed by atoms with van der Waals surface area (Å²) in [7, 11) is 0. The fourth-order valence-corrected chi connectivity index (χ4v) is 3.06. The van der Waals surface area contributed by atoms with Gasteiger partial charge in [0.15, 0.2) is 0 Å². The van der Waals surface area contributed by atoms with Crippen molar-refractivity contribution >= 4 is 11.8 Å². The molecule has 17 heavy (non-hydrogen) atoms. The van der Waals surface area contributed by atoms with Crippen molar-refractivity contribution in [1.82, 2.24) is 0 Å². The molecular formula is C16H34S. The third kappa shape index (κ3) is 16.4. The monoisotopic (exact) mass is 258 g/mol. The van der Waals surface area contributed by atoms with Gasteiger partial charge in [0, 0.05) is 0 Å². The largest absolute Gasteiger partial charge is 0.162 e. The maximum atomic E-state index is 2.31. The van der Waals surface area contributed by atoms with Crippen molar-refractivity contribution in [3.63, 3.8) is 0 Å². The molecule has 0 bridgehead atoms. The van der Waals surface area contributed by atoms with Gasteiger partial charge in [0.25, 0.3) is 0 Å². The highest BCUT2D eigenvalue weighted by atomic mass is 32.2. The predicted octanol–water partition coefficient (Wildman–Crippen LogP) is 6.30. The molecule has 0 aromatic rings. The molecule has 0 rings (SSSR count). The average molecular weight is 259 g/mol. The molecule has 0 radical (unpaired) electrons. The minimum absolute atomic E-state index is 0.864. The highest BCUT2D eigenvalue weighted by molar-refractivity contribution is 7.99. The van der Waals surface area contributed by atoms with Crippen LogP contribution in [0, 0.1) is 5.92 Å². The molecule has 0 aliphatic carbocycles. The molecular weight excluding hydrogens is 224 g/mol. The standard InChI is InChI=1S/C16H34S/c1-4-5-6-7-8-9-10-11-12-13-14-17-15-16(2)3/h16H,4-15H2,1-3H3. The highest BCUT2D eigenvalue weighted by Gasteiger charge is 1.95. The lowest BCUT2D eigenvalue weighted by Gasteiger charge is -2.04. The van der Waals surface area contributed by atoms with Crippen LogP contribution in [0.1, 0.15) is 85.0 Å². The van der Waals surface area contributed by atoms with Gasteiger partial charge in [-0.2, -0.15) is 11.8 Å². The Morgan fingerprint density at radius 2 is 1.18 bits per heavy atom. The quantitative estimate of drug-likeness (QED) is 0.349. The SMILES string of the molecule is CCCCCCCCCCCCSCC(C)C. The Hall–Kier alpha value is 0.350. The van der Waals surface area contributed by atoms with E-state index < -0.39 is 0 Å². The maximum absolute atomic E-state index is 2.31. The predicted molar refractivity (Wildman–Crippen MR) is 84.0 cm³/mol. The molecule has 0 aliphatic rings. The van der Waals surface area contributed by atoms with Gasteiger partial charge in [-0.1, -0.05) is 78.6 Å². The van der Waals surface area contributed by atoms with Gasteiger partial charge in [0.05, 0.1) is 0 Å². The van der Waals surface area contributed by atoms with Crippen LogP contribution in [0.25, 0.3) is 0 Å². The van der Waals surface area contributed by atoms with Crippen molar-refractivity contribution in [3.05, 3.63) is 0 Å². The van der Waals surface area contributed by atoms with Gasteiger partial charge in [-0.3, -0.25) is 0 Å². The topological polar surface area (TPSA) is 0 Å². The van der Waals surface area contributed by atoms with Crippen LogP contribution in [0.15, 0.2) is 0 Å². The second-order valence-corrected chi connectivity index (χ2v) is 6.80. The Balaban J connectivity index is 2.89. The van der Waals surface area contributed by atoms with Crippen molar-refractivity contribution < 1.29 is 0 Å². The van der Waals surface area contributed by atoms with Crippen LogP contribution in [-0.2, 0) is 0 Å². The number of thioether (sulfide) groups is 1. The van der Waals surface area contributed by atoms with E-state index in [-0.39, 0.29) is 0 Å². The van der Waals surface area contributed by atoms with Gasteiger partial charge < -0.3 is 0 Å².